The van der Waals surface area contributed by atoms with Crippen LogP contribution in [-0.4, -0.2) is 27.0 Å². The van der Waals surface area contributed by atoms with Gasteiger partial charge in [0.1, 0.15) is 0 Å². The van der Waals surface area contributed by atoms with Gasteiger partial charge < -0.3 is 5.32 Å². The number of hydrogen-bond donors (Lipinski definition) is 2. The van der Waals surface area contributed by atoms with Crippen LogP contribution in [-0.2, 0) is 0 Å². The maximum absolute atomic E-state index is 11.8. The lowest BCUT2D eigenvalue weighted by atomic mass is 10.2. The quantitative estimate of drug-likeness (QED) is 0.791. The van der Waals surface area contributed by atoms with E-state index in [4.69, 9.17) is 0 Å². The minimum Gasteiger partial charge on any atom is -0.352 e. The van der Waals surface area contributed by atoms with Crippen molar-refractivity contribution in [3.63, 3.8) is 0 Å². The lowest BCUT2D eigenvalue weighted by molar-refractivity contribution is 0.0951. The van der Waals surface area contributed by atoms with Crippen molar-refractivity contribution >= 4 is 11.6 Å². The van der Waals surface area contributed by atoms with E-state index >= 15 is 0 Å². The van der Waals surface area contributed by atoms with Gasteiger partial charge in [-0.05, 0) is 30.9 Å². The van der Waals surface area contributed by atoms with E-state index in [1.807, 2.05) is 0 Å². The van der Waals surface area contributed by atoms with E-state index in [-0.39, 0.29) is 11.6 Å². The molecular formula is C11H12N4O2. The van der Waals surface area contributed by atoms with Gasteiger partial charge in [0.15, 0.2) is 5.65 Å². The van der Waals surface area contributed by atoms with Crippen molar-refractivity contribution in [3.05, 3.63) is 34.4 Å². The van der Waals surface area contributed by atoms with Gasteiger partial charge in [0.2, 0.25) is 0 Å². The summed E-state index contributed by atoms with van der Waals surface area (Å²) >= 11 is 0. The van der Waals surface area contributed by atoms with Gasteiger partial charge in [-0.1, -0.05) is 0 Å². The third-order valence-corrected chi connectivity index (χ3v) is 2.92. The van der Waals surface area contributed by atoms with Crippen LogP contribution in [0.4, 0.5) is 0 Å². The Bertz CT molecular complexity index is 624. The molecule has 0 aliphatic heterocycles. The fourth-order valence-corrected chi connectivity index (χ4v) is 1.70. The topological polar surface area (TPSA) is 79.3 Å². The predicted octanol–water partition coefficient (Wildman–Crippen LogP) is 0.162. The molecule has 6 nitrogen and oxygen atoms in total. The molecule has 0 saturated heterocycles. The Balaban J connectivity index is 1.85. The zero-order valence-electron chi connectivity index (χ0n) is 9.14. The summed E-state index contributed by atoms with van der Waals surface area (Å²) in [7, 11) is 0. The number of pyridine rings is 1. The molecule has 2 aromatic rings. The van der Waals surface area contributed by atoms with Crippen molar-refractivity contribution in [2.45, 2.75) is 12.8 Å². The standard InChI is InChI=1S/C11H12N4O2/c16-10(12-5-7-1-2-7)8-3-4-9-13-14-11(17)15(9)6-8/h3-4,6-7H,1-2,5H2,(H,12,16)(H,14,17). The highest BCUT2D eigenvalue weighted by Crippen LogP contribution is 2.27. The highest BCUT2D eigenvalue weighted by molar-refractivity contribution is 5.94. The van der Waals surface area contributed by atoms with Gasteiger partial charge in [-0.3, -0.25) is 4.79 Å². The third-order valence-electron chi connectivity index (χ3n) is 2.92. The average molecular weight is 232 g/mol. The summed E-state index contributed by atoms with van der Waals surface area (Å²) in [5, 5.41) is 8.98. The van der Waals surface area contributed by atoms with Crippen molar-refractivity contribution in [2.75, 3.05) is 6.54 Å². The number of fused-ring (bicyclic) bond motifs is 1. The lowest BCUT2D eigenvalue weighted by Crippen LogP contribution is -2.26. The van der Waals surface area contributed by atoms with Gasteiger partial charge in [0.05, 0.1) is 5.56 Å². The first kappa shape index (κ1) is 10.1. The van der Waals surface area contributed by atoms with Crippen molar-refractivity contribution < 1.29 is 4.79 Å². The second-order valence-corrected chi connectivity index (χ2v) is 4.33. The molecule has 88 valence electrons. The Labute approximate surface area is 96.6 Å². The van der Waals surface area contributed by atoms with Gasteiger partial charge >= 0.3 is 5.69 Å². The second kappa shape index (κ2) is 3.73. The van der Waals surface area contributed by atoms with Crippen molar-refractivity contribution in [2.24, 2.45) is 5.92 Å². The molecule has 1 aliphatic rings. The number of nitrogens with one attached hydrogen (secondary N) is 2. The number of H-pyrrole nitrogens is 1. The van der Waals surface area contributed by atoms with E-state index in [1.165, 1.54) is 23.4 Å². The summed E-state index contributed by atoms with van der Waals surface area (Å²) in [5.41, 5.74) is 0.646. The molecule has 1 amide bonds. The summed E-state index contributed by atoms with van der Waals surface area (Å²) in [6, 6.07) is 3.31. The summed E-state index contributed by atoms with van der Waals surface area (Å²) in [4.78, 5) is 23.1. The molecule has 0 spiro atoms. The summed E-state index contributed by atoms with van der Waals surface area (Å²) in [5.74, 6) is 0.492. The Morgan fingerprint density at radius 2 is 2.35 bits per heavy atom. The van der Waals surface area contributed by atoms with E-state index in [0.717, 1.165) is 6.54 Å². The van der Waals surface area contributed by atoms with Crippen LogP contribution in [0.2, 0.25) is 0 Å². The molecule has 2 heterocycles. The maximum Gasteiger partial charge on any atom is 0.347 e. The summed E-state index contributed by atoms with van der Waals surface area (Å²) in [6.07, 6.45) is 3.89. The minimum absolute atomic E-state index is 0.146. The Morgan fingerprint density at radius 1 is 1.53 bits per heavy atom. The number of hydrogen-bond acceptors (Lipinski definition) is 3. The van der Waals surface area contributed by atoms with Gasteiger partial charge in [-0.15, -0.1) is 0 Å². The maximum atomic E-state index is 11.8. The first-order valence-electron chi connectivity index (χ1n) is 5.59. The van der Waals surface area contributed by atoms with Crippen LogP contribution in [0.15, 0.2) is 23.1 Å². The number of amides is 1. The van der Waals surface area contributed by atoms with Gasteiger partial charge in [0.25, 0.3) is 5.91 Å². The molecule has 2 aromatic heterocycles. The normalized spacial score (nSPS) is 15.1. The Morgan fingerprint density at radius 3 is 3.12 bits per heavy atom. The Hall–Kier alpha value is -2.11. The zero-order chi connectivity index (χ0) is 11.8. The molecule has 2 N–H and O–H groups in total. The van der Waals surface area contributed by atoms with Crippen LogP contribution < -0.4 is 11.0 Å². The van der Waals surface area contributed by atoms with E-state index in [0.29, 0.717) is 17.1 Å². The van der Waals surface area contributed by atoms with Crippen molar-refractivity contribution in [1.29, 1.82) is 0 Å². The van der Waals surface area contributed by atoms with Crippen LogP contribution in [0.5, 0.6) is 0 Å². The fraction of sp³-hybridized carbons (Fsp3) is 0.364. The molecule has 0 atom stereocenters. The highest BCUT2D eigenvalue weighted by Gasteiger charge is 2.21. The second-order valence-electron chi connectivity index (χ2n) is 4.33. The van der Waals surface area contributed by atoms with Gasteiger partial charge in [-0.25, -0.2) is 14.3 Å². The number of nitrogens with zero attached hydrogens (tertiary/aromatic N) is 2. The van der Waals surface area contributed by atoms with E-state index < -0.39 is 0 Å². The van der Waals surface area contributed by atoms with Crippen LogP contribution in [0, 0.1) is 5.92 Å². The van der Waals surface area contributed by atoms with E-state index in [1.54, 1.807) is 12.1 Å². The Kier molecular flexibility index (Phi) is 2.21. The molecular weight excluding hydrogens is 220 g/mol. The minimum atomic E-state index is -0.336. The number of aromatic nitrogens is 3. The monoisotopic (exact) mass is 232 g/mol. The van der Waals surface area contributed by atoms with Crippen molar-refractivity contribution in [3.8, 4) is 0 Å². The summed E-state index contributed by atoms with van der Waals surface area (Å²) in [6.45, 7) is 0.719. The number of rotatable bonds is 3. The number of carbonyl (C=O) groups is 1. The molecule has 0 bridgehead atoms. The molecule has 6 heteroatoms. The molecule has 1 saturated carbocycles. The predicted molar refractivity (Wildman–Crippen MR) is 60.9 cm³/mol. The molecule has 1 aliphatic carbocycles. The van der Waals surface area contributed by atoms with Gasteiger partial charge in [-0.2, -0.15) is 5.10 Å². The third kappa shape index (κ3) is 1.93. The number of carbonyl (C=O) groups excluding carboxylic acids is 1. The molecule has 0 radical (unpaired) electrons. The smallest absolute Gasteiger partial charge is 0.347 e. The largest absolute Gasteiger partial charge is 0.352 e. The summed E-state index contributed by atoms with van der Waals surface area (Å²) < 4.78 is 1.33. The first-order valence-corrected chi connectivity index (χ1v) is 5.59. The van der Waals surface area contributed by atoms with E-state index in [9.17, 15) is 9.59 Å². The SMILES string of the molecule is O=C(NCC1CC1)c1ccc2n[nH]c(=O)n2c1. The van der Waals surface area contributed by atoms with Crippen LogP contribution in [0.3, 0.4) is 0 Å². The van der Waals surface area contributed by atoms with Crippen LogP contribution in [0.1, 0.15) is 23.2 Å². The molecule has 3 rings (SSSR count). The lowest BCUT2D eigenvalue weighted by Gasteiger charge is -2.03. The first-order chi connectivity index (χ1) is 8.24. The zero-order valence-corrected chi connectivity index (χ0v) is 9.14. The molecule has 17 heavy (non-hydrogen) atoms. The molecule has 1 fully saturated rings. The fourth-order valence-electron chi connectivity index (χ4n) is 1.70. The van der Waals surface area contributed by atoms with E-state index in [2.05, 4.69) is 15.5 Å². The average Bonchev–Trinajstić information content (AvgIpc) is 3.11. The number of aromatic amines is 1. The highest BCUT2D eigenvalue weighted by atomic mass is 16.2. The van der Waals surface area contributed by atoms with Gasteiger partial charge in [0, 0.05) is 12.7 Å². The molecule has 0 unspecified atom stereocenters. The van der Waals surface area contributed by atoms with Crippen LogP contribution >= 0.6 is 0 Å². The molecule has 0 aromatic carbocycles. The van der Waals surface area contributed by atoms with Crippen molar-refractivity contribution in [1.82, 2.24) is 19.9 Å². The van der Waals surface area contributed by atoms with Crippen LogP contribution in [0.25, 0.3) is 5.65 Å².